The first kappa shape index (κ1) is 19.1. The maximum Gasteiger partial charge on any atom is 0.161 e. The Kier molecular flexibility index (Phi) is 6.32. The van der Waals surface area contributed by atoms with Crippen molar-refractivity contribution in [2.45, 2.75) is 25.8 Å². The molecule has 2 aromatic rings. The van der Waals surface area contributed by atoms with E-state index in [0.29, 0.717) is 0 Å². The van der Waals surface area contributed by atoms with Crippen molar-refractivity contribution in [3.63, 3.8) is 0 Å². The summed E-state index contributed by atoms with van der Waals surface area (Å²) in [5, 5.41) is 3.54. The Hall–Kier alpha value is -2.20. The highest BCUT2D eigenvalue weighted by molar-refractivity contribution is 5.48. The van der Waals surface area contributed by atoms with Gasteiger partial charge in [-0.15, -0.1) is 0 Å². The third-order valence-corrected chi connectivity index (χ3v) is 4.35. The molecular formula is C21H30N2O2. The van der Waals surface area contributed by atoms with Gasteiger partial charge in [0.2, 0.25) is 0 Å². The molecule has 0 atom stereocenters. The van der Waals surface area contributed by atoms with E-state index in [1.54, 1.807) is 14.2 Å². The number of benzene rings is 2. The highest BCUT2D eigenvalue weighted by Crippen LogP contribution is 2.33. The van der Waals surface area contributed by atoms with Gasteiger partial charge in [-0.05, 0) is 49.5 Å². The summed E-state index contributed by atoms with van der Waals surface area (Å²) in [7, 11) is 7.49. The van der Waals surface area contributed by atoms with E-state index < -0.39 is 0 Å². The zero-order valence-corrected chi connectivity index (χ0v) is 16.2. The molecule has 0 aromatic heterocycles. The van der Waals surface area contributed by atoms with Gasteiger partial charge in [-0.3, -0.25) is 0 Å². The van der Waals surface area contributed by atoms with Crippen LogP contribution in [0.15, 0.2) is 42.5 Å². The Labute approximate surface area is 151 Å². The average molecular weight is 342 g/mol. The molecule has 136 valence electrons. The van der Waals surface area contributed by atoms with E-state index in [1.807, 2.05) is 6.07 Å². The molecular weight excluding hydrogens is 312 g/mol. The van der Waals surface area contributed by atoms with E-state index in [0.717, 1.165) is 30.3 Å². The van der Waals surface area contributed by atoms with Crippen LogP contribution in [0, 0.1) is 0 Å². The van der Waals surface area contributed by atoms with Gasteiger partial charge >= 0.3 is 0 Å². The molecule has 0 aliphatic heterocycles. The fourth-order valence-electron chi connectivity index (χ4n) is 2.78. The normalized spacial score (nSPS) is 11.5. The number of nitrogens with one attached hydrogen (secondary N) is 1. The highest BCUT2D eigenvalue weighted by atomic mass is 16.5. The van der Waals surface area contributed by atoms with Gasteiger partial charge in [-0.25, -0.2) is 0 Å². The first-order valence-electron chi connectivity index (χ1n) is 8.56. The molecule has 0 aliphatic rings. The van der Waals surface area contributed by atoms with Crippen LogP contribution in [0.25, 0.3) is 0 Å². The summed E-state index contributed by atoms with van der Waals surface area (Å²) in [4.78, 5) is 2.17. The summed E-state index contributed by atoms with van der Waals surface area (Å²) in [5.41, 5.74) is 3.62. The molecule has 0 saturated carbocycles. The van der Waals surface area contributed by atoms with Gasteiger partial charge in [-0.1, -0.05) is 32.0 Å². The second-order valence-corrected chi connectivity index (χ2v) is 7.24. The topological polar surface area (TPSA) is 33.7 Å². The van der Waals surface area contributed by atoms with Gasteiger partial charge in [0.1, 0.15) is 0 Å². The molecule has 0 saturated heterocycles. The molecule has 25 heavy (non-hydrogen) atoms. The van der Waals surface area contributed by atoms with Crippen molar-refractivity contribution in [2.24, 2.45) is 0 Å². The lowest BCUT2D eigenvalue weighted by Crippen LogP contribution is -2.27. The first-order chi connectivity index (χ1) is 11.9. The number of hydrogen-bond donors (Lipinski definition) is 1. The van der Waals surface area contributed by atoms with Gasteiger partial charge in [0, 0.05) is 24.2 Å². The van der Waals surface area contributed by atoms with E-state index >= 15 is 0 Å². The van der Waals surface area contributed by atoms with Crippen LogP contribution in [0.5, 0.6) is 11.5 Å². The Morgan fingerprint density at radius 3 is 2.12 bits per heavy atom. The third kappa shape index (κ3) is 5.13. The molecule has 0 radical (unpaired) electrons. The Bertz CT molecular complexity index is 679. The van der Waals surface area contributed by atoms with Crippen LogP contribution in [0.3, 0.4) is 0 Å². The minimum atomic E-state index is -0.0398. The lowest BCUT2D eigenvalue weighted by molar-refractivity contribution is 0.353. The van der Waals surface area contributed by atoms with Crippen LogP contribution in [0.4, 0.5) is 5.69 Å². The molecule has 0 unspecified atom stereocenters. The summed E-state index contributed by atoms with van der Waals surface area (Å²) in [6.07, 6.45) is 0. The molecule has 1 N–H and O–H groups in total. The van der Waals surface area contributed by atoms with Gasteiger partial charge in [-0.2, -0.15) is 0 Å². The van der Waals surface area contributed by atoms with E-state index in [2.05, 4.69) is 74.6 Å². The minimum absolute atomic E-state index is 0.0398. The minimum Gasteiger partial charge on any atom is -0.493 e. The van der Waals surface area contributed by atoms with Gasteiger partial charge in [0.25, 0.3) is 0 Å². The molecule has 4 heteroatoms. The molecule has 0 spiro atoms. The van der Waals surface area contributed by atoms with Crippen LogP contribution in [-0.2, 0) is 12.0 Å². The second-order valence-electron chi connectivity index (χ2n) is 7.24. The van der Waals surface area contributed by atoms with E-state index in [9.17, 15) is 0 Å². The van der Waals surface area contributed by atoms with Crippen molar-refractivity contribution in [3.8, 4) is 11.5 Å². The van der Waals surface area contributed by atoms with Crippen molar-refractivity contribution in [1.82, 2.24) is 4.90 Å². The summed E-state index contributed by atoms with van der Waals surface area (Å²) >= 11 is 0. The number of hydrogen-bond acceptors (Lipinski definition) is 4. The molecule has 2 aromatic carbocycles. The Morgan fingerprint density at radius 1 is 0.920 bits per heavy atom. The maximum atomic E-state index is 5.43. The maximum absolute atomic E-state index is 5.43. The molecule has 0 heterocycles. The van der Waals surface area contributed by atoms with Crippen LogP contribution in [0.1, 0.15) is 25.0 Å². The largest absolute Gasteiger partial charge is 0.493 e. The predicted molar refractivity (Wildman–Crippen MR) is 105 cm³/mol. The average Bonchev–Trinajstić information content (AvgIpc) is 2.60. The number of anilines is 1. The number of rotatable bonds is 8. The van der Waals surface area contributed by atoms with Gasteiger partial charge < -0.3 is 19.7 Å². The van der Waals surface area contributed by atoms with Crippen molar-refractivity contribution in [3.05, 3.63) is 53.6 Å². The number of nitrogens with zero attached hydrogens (tertiary/aromatic N) is 1. The molecule has 0 amide bonds. The van der Waals surface area contributed by atoms with Crippen molar-refractivity contribution in [1.29, 1.82) is 0 Å². The zero-order valence-electron chi connectivity index (χ0n) is 16.2. The third-order valence-electron chi connectivity index (χ3n) is 4.35. The van der Waals surface area contributed by atoms with Crippen LogP contribution >= 0.6 is 0 Å². The smallest absolute Gasteiger partial charge is 0.161 e. The second kappa shape index (κ2) is 8.26. The van der Waals surface area contributed by atoms with Crippen LogP contribution in [0.2, 0.25) is 0 Å². The summed E-state index contributed by atoms with van der Waals surface area (Å²) in [6.45, 7) is 6.23. The molecule has 0 bridgehead atoms. The molecule has 0 aliphatic carbocycles. The van der Waals surface area contributed by atoms with E-state index in [-0.39, 0.29) is 5.41 Å². The predicted octanol–water partition coefficient (Wildman–Crippen LogP) is 4.16. The molecule has 4 nitrogen and oxygen atoms in total. The summed E-state index contributed by atoms with van der Waals surface area (Å²) < 4.78 is 10.8. The zero-order chi connectivity index (χ0) is 18.4. The summed E-state index contributed by atoms with van der Waals surface area (Å²) in [5.74, 6) is 1.52. The standard InChI is InChI=1S/C21H30N2O2/c1-21(2,17-9-12-19(24-5)20(13-17)25-6)15-22-18-10-7-16(8-11-18)14-23(3)4/h7-13,22H,14-15H2,1-6H3. The van der Waals surface area contributed by atoms with Crippen LogP contribution < -0.4 is 14.8 Å². The quantitative estimate of drug-likeness (QED) is 0.781. The van der Waals surface area contributed by atoms with Crippen molar-refractivity contribution >= 4 is 5.69 Å². The van der Waals surface area contributed by atoms with Gasteiger partial charge in [0.05, 0.1) is 14.2 Å². The highest BCUT2D eigenvalue weighted by Gasteiger charge is 2.22. The fraction of sp³-hybridized carbons (Fsp3) is 0.429. The molecule has 0 fully saturated rings. The van der Waals surface area contributed by atoms with Crippen molar-refractivity contribution in [2.75, 3.05) is 40.2 Å². The number of ether oxygens (including phenoxy) is 2. The summed E-state index contributed by atoms with van der Waals surface area (Å²) in [6, 6.07) is 14.8. The van der Waals surface area contributed by atoms with E-state index in [1.165, 1.54) is 11.1 Å². The number of methoxy groups -OCH3 is 2. The monoisotopic (exact) mass is 342 g/mol. The Balaban J connectivity index is 2.05. The van der Waals surface area contributed by atoms with E-state index in [4.69, 9.17) is 9.47 Å². The molecule has 2 rings (SSSR count). The lowest BCUT2D eigenvalue weighted by atomic mass is 9.84. The fourth-order valence-corrected chi connectivity index (χ4v) is 2.78. The lowest BCUT2D eigenvalue weighted by Gasteiger charge is -2.27. The first-order valence-corrected chi connectivity index (χ1v) is 8.56. The Morgan fingerprint density at radius 2 is 1.56 bits per heavy atom. The van der Waals surface area contributed by atoms with Crippen LogP contribution in [-0.4, -0.2) is 39.8 Å². The SMILES string of the molecule is COc1ccc(C(C)(C)CNc2ccc(CN(C)C)cc2)cc1OC. The van der Waals surface area contributed by atoms with Gasteiger partial charge in [0.15, 0.2) is 11.5 Å². The van der Waals surface area contributed by atoms with Crippen molar-refractivity contribution < 1.29 is 9.47 Å².